The van der Waals surface area contributed by atoms with E-state index in [9.17, 15) is 4.79 Å². The highest BCUT2D eigenvalue weighted by molar-refractivity contribution is 5.92. The Bertz CT molecular complexity index is 627. The van der Waals surface area contributed by atoms with E-state index in [1.54, 1.807) is 23.3 Å². The van der Waals surface area contributed by atoms with Crippen LogP contribution in [0.25, 0.3) is 0 Å². The number of amides is 1. The Labute approximate surface area is 123 Å². The Balaban J connectivity index is 1.62. The zero-order chi connectivity index (χ0) is 14.8. The number of nitrogens with zero attached hydrogens (tertiary/aromatic N) is 5. The molecule has 7 nitrogen and oxygen atoms in total. The third kappa shape index (κ3) is 2.81. The van der Waals surface area contributed by atoms with Crippen molar-refractivity contribution in [1.29, 1.82) is 0 Å². The van der Waals surface area contributed by atoms with Gasteiger partial charge in [0, 0.05) is 39.4 Å². The van der Waals surface area contributed by atoms with Gasteiger partial charge in [0.2, 0.25) is 0 Å². The van der Waals surface area contributed by atoms with Gasteiger partial charge in [0.05, 0.1) is 18.2 Å². The minimum atomic E-state index is -0.0134. The molecule has 0 unspecified atom stereocenters. The minimum absolute atomic E-state index is 0.0134. The number of hydrogen-bond donors (Lipinski definition) is 1. The third-order valence-electron chi connectivity index (χ3n) is 3.59. The number of aryl methyl sites for hydroxylation is 1. The van der Waals surface area contributed by atoms with Crippen LogP contribution in [-0.4, -0.2) is 51.5 Å². The summed E-state index contributed by atoms with van der Waals surface area (Å²) < 4.78 is 1.78. The van der Waals surface area contributed by atoms with Crippen LogP contribution in [0, 0.1) is 0 Å². The van der Waals surface area contributed by atoms with E-state index in [2.05, 4.69) is 14.9 Å². The van der Waals surface area contributed by atoms with Gasteiger partial charge in [0.1, 0.15) is 11.5 Å². The molecule has 21 heavy (non-hydrogen) atoms. The van der Waals surface area contributed by atoms with Crippen LogP contribution in [0.2, 0.25) is 0 Å². The van der Waals surface area contributed by atoms with Gasteiger partial charge in [0.25, 0.3) is 5.91 Å². The Morgan fingerprint density at radius 3 is 2.52 bits per heavy atom. The van der Waals surface area contributed by atoms with Crippen LogP contribution in [0.5, 0.6) is 0 Å². The summed E-state index contributed by atoms with van der Waals surface area (Å²) in [6.45, 7) is 2.86. The molecule has 0 bridgehead atoms. The van der Waals surface area contributed by atoms with Crippen molar-refractivity contribution in [2.75, 3.05) is 36.8 Å². The predicted molar refractivity (Wildman–Crippen MR) is 80.0 cm³/mol. The fourth-order valence-corrected chi connectivity index (χ4v) is 2.41. The minimum Gasteiger partial charge on any atom is -0.397 e. The van der Waals surface area contributed by atoms with Crippen molar-refractivity contribution in [3.63, 3.8) is 0 Å². The lowest BCUT2D eigenvalue weighted by Gasteiger charge is -2.35. The van der Waals surface area contributed by atoms with Gasteiger partial charge < -0.3 is 20.1 Å². The first kappa shape index (κ1) is 13.4. The lowest BCUT2D eigenvalue weighted by molar-refractivity contribution is 0.0741. The fraction of sp³-hybridized carbons (Fsp3) is 0.357. The summed E-state index contributed by atoms with van der Waals surface area (Å²) in [5.74, 6) is 0.884. The maximum absolute atomic E-state index is 12.3. The Morgan fingerprint density at radius 1 is 1.19 bits per heavy atom. The summed E-state index contributed by atoms with van der Waals surface area (Å²) in [7, 11) is 1.86. The maximum Gasteiger partial charge on any atom is 0.274 e. The Hall–Kier alpha value is -2.57. The normalized spacial score (nSPS) is 15.3. The van der Waals surface area contributed by atoms with Crippen molar-refractivity contribution in [1.82, 2.24) is 19.4 Å². The van der Waals surface area contributed by atoms with E-state index in [0.717, 1.165) is 18.9 Å². The third-order valence-corrected chi connectivity index (χ3v) is 3.59. The van der Waals surface area contributed by atoms with Crippen LogP contribution in [-0.2, 0) is 7.05 Å². The molecule has 2 aromatic rings. The molecule has 0 aromatic carbocycles. The molecule has 0 spiro atoms. The molecular formula is C14H18N6O. The summed E-state index contributed by atoms with van der Waals surface area (Å²) in [6.07, 6.45) is 5.04. The summed E-state index contributed by atoms with van der Waals surface area (Å²) in [5, 5.41) is 0. The number of carbonyl (C=O) groups excluding carboxylic acids is 1. The first-order valence-electron chi connectivity index (χ1n) is 6.87. The summed E-state index contributed by atoms with van der Waals surface area (Å²) in [4.78, 5) is 24.7. The molecule has 7 heteroatoms. The fourth-order valence-electron chi connectivity index (χ4n) is 2.41. The number of carbonyl (C=O) groups is 1. The molecule has 2 N–H and O–H groups in total. The van der Waals surface area contributed by atoms with Gasteiger partial charge in [-0.15, -0.1) is 0 Å². The zero-order valence-electron chi connectivity index (χ0n) is 11.9. The van der Waals surface area contributed by atoms with E-state index in [-0.39, 0.29) is 5.91 Å². The first-order chi connectivity index (χ1) is 10.1. The Kier molecular flexibility index (Phi) is 3.47. The number of anilines is 2. The zero-order valence-corrected chi connectivity index (χ0v) is 11.9. The van der Waals surface area contributed by atoms with E-state index in [0.29, 0.717) is 24.5 Å². The molecule has 3 heterocycles. The molecule has 3 rings (SSSR count). The highest BCUT2D eigenvalue weighted by Gasteiger charge is 2.23. The van der Waals surface area contributed by atoms with Crippen molar-refractivity contribution in [2.24, 2.45) is 7.05 Å². The average Bonchev–Trinajstić information content (AvgIpc) is 2.94. The molecule has 0 aliphatic carbocycles. The molecule has 110 valence electrons. The summed E-state index contributed by atoms with van der Waals surface area (Å²) >= 11 is 0. The quantitative estimate of drug-likeness (QED) is 0.862. The smallest absolute Gasteiger partial charge is 0.274 e. The largest absolute Gasteiger partial charge is 0.397 e. The monoisotopic (exact) mass is 286 g/mol. The molecule has 0 saturated carbocycles. The maximum atomic E-state index is 12.3. The number of nitrogen functional groups attached to an aromatic ring is 1. The molecule has 1 aliphatic heterocycles. The second kappa shape index (κ2) is 5.43. The number of pyridine rings is 1. The average molecular weight is 286 g/mol. The van der Waals surface area contributed by atoms with Crippen LogP contribution >= 0.6 is 0 Å². The van der Waals surface area contributed by atoms with Gasteiger partial charge >= 0.3 is 0 Å². The van der Waals surface area contributed by atoms with Crippen molar-refractivity contribution in [2.45, 2.75) is 0 Å². The number of rotatable bonds is 2. The van der Waals surface area contributed by atoms with Crippen LogP contribution in [0.4, 0.5) is 11.5 Å². The molecule has 1 fully saturated rings. The molecule has 1 saturated heterocycles. The van der Waals surface area contributed by atoms with Gasteiger partial charge in [-0.25, -0.2) is 9.97 Å². The SMILES string of the molecule is Cn1cnc(C(=O)N2CCN(c3ccc(N)cn3)CC2)c1. The number of hydrogen-bond acceptors (Lipinski definition) is 5. The van der Waals surface area contributed by atoms with E-state index in [1.165, 1.54) is 0 Å². The second-order valence-corrected chi connectivity index (χ2v) is 5.15. The molecular weight excluding hydrogens is 268 g/mol. The van der Waals surface area contributed by atoms with E-state index < -0.39 is 0 Å². The summed E-state index contributed by atoms with van der Waals surface area (Å²) in [6, 6.07) is 3.75. The highest BCUT2D eigenvalue weighted by atomic mass is 16.2. The summed E-state index contributed by atoms with van der Waals surface area (Å²) in [5.41, 5.74) is 6.79. The lowest BCUT2D eigenvalue weighted by atomic mass is 10.2. The number of nitrogens with two attached hydrogens (primary N) is 1. The van der Waals surface area contributed by atoms with Gasteiger partial charge in [-0.2, -0.15) is 0 Å². The molecule has 0 atom stereocenters. The molecule has 1 aliphatic rings. The first-order valence-corrected chi connectivity index (χ1v) is 6.87. The van der Waals surface area contributed by atoms with Crippen LogP contribution < -0.4 is 10.6 Å². The van der Waals surface area contributed by atoms with Crippen molar-refractivity contribution in [3.8, 4) is 0 Å². The van der Waals surface area contributed by atoms with E-state index in [4.69, 9.17) is 5.73 Å². The number of aromatic nitrogens is 3. The topological polar surface area (TPSA) is 80.3 Å². The van der Waals surface area contributed by atoms with E-state index >= 15 is 0 Å². The number of piperazine rings is 1. The lowest BCUT2D eigenvalue weighted by Crippen LogP contribution is -2.49. The highest BCUT2D eigenvalue weighted by Crippen LogP contribution is 2.15. The Morgan fingerprint density at radius 2 is 1.95 bits per heavy atom. The molecule has 1 amide bonds. The van der Waals surface area contributed by atoms with Crippen molar-refractivity contribution in [3.05, 3.63) is 36.5 Å². The molecule has 0 radical (unpaired) electrons. The second-order valence-electron chi connectivity index (χ2n) is 5.15. The van der Waals surface area contributed by atoms with Gasteiger partial charge in [-0.1, -0.05) is 0 Å². The van der Waals surface area contributed by atoms with Gasteiger partial charge in [-0.3, -0.25) is 4.79 Å². The van der Waals surface area contributed by atoms with Crippen LogP contribution in [0.15, 0.2) is 30.9 Å². The number of imidazole rings is 1. The van der Waals surface area contributed by atoms with Gasteiger partial charge in [-0.05, 0) is 12.1 Å². The standard InChI is InChI=1S/C14H18N6O/c1-18-9-12(17-10-18)14(21)20-6-4-19(5-7-20)13-3-2-11(15)8-16-13/h2-3,8-10H,4-7,15H2,1H3. The van der Waals surface area contributed by atoms with Crippen LogP contribution in [0.1, 0.15) is 10.5 Å². The molecule has 2 aromatic heterocycles. The predicted octanol–water partition coefficient (Wildman–Crippen LogP) is 0.360. The van der Waals surface area contributed by atoms with Crippen LogP contribution in [0.3, 0.4) is 0 Å². The van der Waals surface area contributed by atoms with Crippen molar-refractivity contribution >= 4 is 17.4 Å². The van der Waals surface area contributed by atoms with Gasteiger partial charge in [0.15, 0.2) is 0 Å². The van der Waals surface area contributed by atoms with Crippen molar-refractivity contribution < 1.29 is 4.79 Å². The van der Waals surface area contributed by atoms with E-state index in [1.807, 2.05) is 24.1 Å².